The molecular weight excluding hydrogens is 384 g/mol. The van der Waals surface area contributed by atoms with Crippen LogP contribution in [-0.4, -0.2) is 61.0 Å². The molecule has 1 fully saturated rings. The van der Waals surface area contributed by atoms with Crippen LogP contribution in [0.25, 0.3) is 0 Å². The van der Waals surface area contributed by atoms with E-state index in [4.69, 9.17) is 0 Å². The van der Waals surface area contributed by atoms with Gasteiger partial charge in [-0.15, -0.1) is 0 Å². The molecule has 0 saturated carbocycles. The number of carbonyl (C=O) groups is 2. The summed E-state index contributed by atoms with van der Waals surface area (Å²) in [4.78, 5) is 28.1. The fourth-order valence-corrected chi connectivity index (χ4v) is 3.44. The van der Waals surface area contributed by atoms with Crippen molar-refractivity contribution in [2.75, 3.05) is 39.3 Å². The Balaban J connectivity index is 1.77. The van der Waals surface area contributed by atoms with Crippen molar-refractivity contribution >= 4 is 27.9 Å². The van der Waals surface area contributed by atoms with E-state index < -0.39 is 0 Å². The van der Waals surface area contributed by atoms with Crippen molar-refractivity contribution in [1.29, 1.82) is 0 Å². The summed E-state index contributed by atoms with van der Waals surface area (Å²) in [5.41, 5.74) is 1.06. The summed E-state index contributed by atoms with van der Waals surface area (Å²) in [5, 5.41) is 5.93. The molecule has 1 aromatic rings. The molecule has 0 bridgehead atoms. The lowest BCUT2D eigenvalue weighted by Gasteiger charge is -2.35. The smallest absolute Gasteiger partial charge is 0.317 e. The van der Waals surface area contributed by atoms with Crippen LogP contribution in [0.15, 0.2) is 28.7 Å². The maximum Gasteiger partial charge on any atom is 0.317 e. The van der Waals surface area contributed by atoms with Crippen molar-refractivity contribution in [1.82, 2.24) is 20.4 Å². The number of rotatable bonds is 6. The minimum atomic E-state index is -0.0686. The van der Waals surface area contributed by atoms with Gasteiger partial charge < -0.3 is 15.5 Å². The Morgan fingerprint density at radius 2 is 1.88 bits per heavy atom. The monoisotopic (exact) mass is 410 g/mol. The summed E-state index contributed by atoms with van der Waals surface area (Å²) < 4.78 is 0.991. The zero-order valence-electron chi connectivity index (χ0n) is 14.9. The predicted molar refractivity (Wildman–Crippen MR) is 102 cm³/mol. The van der Waals surface area contributed by atoms with Gasteiger partial charge in [0.15, 0.2) is 0 Å². The van der Waals surface area contributed by atoms with Crippen molar-refractivity contribution in [3.05, 3.63) is 34.3 Å². The first kappa shape index (κ1) is 19.7. The molecule has 2 N–H and O–H groups in total. The number of hydrogen-bond donors (Lipinski definition) is 2. The van der Waals surface area contributed by atoms with E-state index in [1.54, 1.807) is 0 Å². The molecule has 7 heteroatoms. The summed E-state index contributed by atoms with van der Waals surface area (Å²) in [7, 11) is 0. The molecule has 138 valence electrons. The summed E-state index contributed by atoms with van der Waals surface area (Å²) >= 11 is 3.52. The first-order valence-electron chi connectivity index (χ1n) is 8.80. The Labute approximate surface area is 158 Å². The molecular formula is C18H27BrN4O2. The lowest BCUT2D eigenvalue weighted by Crippen LogP contribution is -2.53. The predicted octanol–water partition coefficient (Wildman–Crippen LogP) is 2.36. The molecule has 3 amide bonds. The average Bonchev–Trinajstić information content (AvgIpc) is 2.60. The average molecular weight is 411 g/mol. The molecule has 1 heterocycles. The Bertz CT molecular complexity index is 588. The highest BCUT2D eigenvalue weighted by atomic mass is 79.9. The molecule has 25 heavy (non-hydrogen) atoms. The lowest BCUT2D eigenvalue weighted by atomic mass is 10.1. The second-order valence-electron chi connectivity index (χ2n) is 6.31. The van der Waals surface area contributed by atoms with E-state index in [9.17, 15) is 9.59 Å². The van der Waals surface area contributed by atoms with Gasteiger partial charge in [-0.25, -0.2) is 4.79 Å². The van der Waals surface area contributed by atoms with Crippen LogP contribution in [0.5, 0.6) is 0 Å². The molecule has 2 rings (SSSR count). The quantitative estimate of drug-likeness (QED) is 0.756. The number of amides is 3. The number of halogens is 1. The normalized spacial score (nSPS) is 16.4. The maximum atomic E-state index is 12.5. The van der Waals surface area contributed by atoms with Crippen LogP contribution in [0.1, 0.15) is 31.9 Å². The highest BCUT2D eigenvalue weighted by molar-refractivity contribution is 9.10. The number of carbonyl (C=O) groups excluding carboxylic acids is 2. The second kappa shape index (κ2) is 9.77. The van der Waals surface area contributed by atoms with Crippen molar-refractivity contribution in [2.45, 2.75) is 26.3 Å². The van der Waals surface area contributed by atoms with Crippen LogP contribution in [0.2, 0.25) is 0 Å². The highest BCUT2D eigenvalue weighted by Gasteiger charge is 2.23. The molecule has 1 saturated heterocycles. The van der Waals surface area contributed by atoms with E-state index in [-0.39, 0.29) is 18.0 Å². The molecule has 1 aliphatic heterocycles. The van der Waals surface area contributed by atoms with Crippen LogP contribution >= 0.6 is 15.9 Å². The second-order valence-corrected chi connectivity index (χ2v) is 7.16. The fourth-order valence-electron chi connectivity index (χ4n) is 2.81. The van der Waals surface area contributed by atoms with E-state index in [1.165, 1.54) is 0 Å². The van der Waals surface area contributed by atoms with Crippen LogP contribution in [0, 0.1) is 0 Å². The standard InChI is InChI=1S/C18H27BrN4O2/c1-3-8-20-17(24)13-22-9-11-23(12-10-22)18(25)21-14(2)15-6-4-5-7-16(15)19/h4-7,14H,3,8-13H2,1-2H3,(H,20,24)(H,21,25). The van der Waals surface area contributed by atoms with Gasteiger partial charge in [-0.05, 0) is 25.0 Å². The number of urea groups is 1. The number of hydrogen-bond acceptors (Lipinski definition) is 3. The summed E-state index contributed by atoms with van der Waals surface area (Å²) in [6, 6.07) is 7.77. The van der Waals surface area contributed by atoms with E-state index in [0.29, 0.717) is 26.2 Å². The Morgan fingerprint density at radius 1 is 1.20 bits per heavy atom. The fraction of sp³-hybridized carbons (Fsp3) is 0.556. The van der Waals surface area contributed by atoms with Crippen molar-refractivity contribution in [3.8, 4) is 0 Å². The SMILES string of the molecule is CCCNC(=O)CN1CCN(C(=O)NC(C)c2ccccc2Br)CC1. The van der Waals surface area contributed by atoms with Crippen molar-refractivity contribution < 1.29 is 9.59 Å². The zero-order valence-corrected chi connectivity index (χ0v) is 16.5. The Morgan fingerprint density at radius 3 is 2.52 bits per heavy atom. The molecule has 1 atom stereocenters. The third-order valence-electron chi connectivity index (χ3n) is 4.31. The number of nitrogens with zero attached hydrogens (tertiary/aromatic N) is 2. The largest absolute Gasteiger partial charge is 0.355 e. The molecule has 0 aliphatic carbocycles. The number of nitrogens with one attached hydrogen (secondary N) is 2. The molecule has 0 spiro atoms. The Hall–Kier alpha value is -1.60. The molecule has 0 radical (unpaired) electrons. The lowest BCUT2D eigenvalue weighted by molar-refractivity contribution is -0.122. The van der Waals surface area contributed by atoms with Gasteiger partial charge in [0.05, 0.1) is 12.6 Å². The Kier molecular flexibility index (Phi) is 7.71. The highest BCUT2D eigenvalue weighted by Crippen LogP contribution is 2.22. The van der Waals surface area contributed by atoms with Gasteiger partial charge in [0.2, 0.25) is 5.91 Å². The van der Waals surface area contributed by atoms with Gasteiger partial charge in [-0.2, -0.15) is 0 Å². The zero-order chi connectivity index (χ0) is 18.2. The van der Waals surface area contributed by atoms with Crippen LogP contribution in [0.4, 0.5) is 4.79 Å². The van der Waals surface area contributed by atoms with Gasteiger partial charge in [0.25, 0.3) is 0 Å². The summed E-state index contributed by atoms with van der Waals surface area (Å²) in [5.74, 6) is 0.0577. The van der Waals surface area contributed by atoms with E-state index in [1.807, 2.05) is 43.0 Å². The topological polar surface area (TPSA) is 64.7 Å². The third-order valence-corrected chi connectivity index (χ3v) is 5.03. The molecule has 1 unspecified atom stereocenters. The third kappa shape index (κ3) is 6.01. The van der Waals surface area contributed by atoms with Crippen molar-refractivity contribution in [3.63, 3.8) is 0 Å². The van der Waals surface area contributed by atoms with Gasteiger partial charge in [0.1, 0.15) is 0 Å². The number of benzene rings is 1. The summed E-state index contributed by atoms with van der Waals surface area (Å²) in [6.45, 7) is 7.84. The van der Waals surface area contributed by atoms with Crippen LogP contribution in [0.3, 0.4) is 0 Å². The summed E-state index contributed by atoms with van der Waals surface area (Å²) in [6.07, 6.45) is 0.940. The molecule has 0 aromatic heterocycles. The van der Waals surface area contributed by atoms with Gasteiger partial charge in [-0.3, -0.25) is 9.69 Å². The minimum Gasteiger partial charge on any atom is -0.355 e. The first-order chi connectivity index (χ1) is 12.0. The van der Waals surface area contributed by atoms with E-state index in [2.05, 4.69) is 31.5 Å². The van der Waals surface area contributed by atoms with E-state index >= 15 is 0 Å². The van der Waals surface area contributed by atoms with Crippen LogP contribution in [-0.2, 0) is 4.79 Å². The molecule has 1 aromatic carbocycles. The minimum absolute atomic E-state index is 0.0571. The maximum absolute atomic E-state index is 12.5. The first-order valence-corrected chi connectivity index (χ1v) is 9.59. The molecule has 1 aliphatic rings. The van der Waals surface area contributed by atoms with Crippen LogP contribution < -0.4 is 10.6 Å². The number of piperazine rings is 1. The molecule has 6 nitrogen and oxygen atoms in total. The van der Waals surface area contributed by atoms with Crippen molar-refractivity contribution in [2.24, 2.45) is 0 Å². The van der Waals surface area contributed by atoms with Gasteiger partial charge >= 0.3 is 6.03 Å². The van der Waals surface area contributed by atoms with Gasteiger partial charge in [0, 0.05) is 37.2 Å². The van der Waals surface area contributed by atoms with E-state index in [0.717, 1.165) is 29.5 Å². The van der Waals surface area contributed by atoms with Gasteiger partial charge in [-0.1, -0.05) is 41.1 Å².